The van der Waals surface area contributed by atoms with Crippen LogP contribution in [0.3, 0.4) is 0 Å². The Bertz CT molecular complexity index is 861. The van der Waals surface area contributed by atoms with Gasteiger partial charge in [0.1, 0.15) is 11.4 Å². The lowest BCUT2D eigenvalue weighted by Crippen LogP contribution is -2.12. The molecule has 22 heavy (non-hydrogen) atoms. The van der Waals surface area contributed by atoms with Crippen LogP contribution in [-0.4, -0.2) is 16.8 Å². The molecule has 4 nitrogen and oxygen atoms in total. The summed E-state index contributed by atoms with van der Waals surface area (Å²) in [5, 5.41) is 3.55. The minimum absolute atomic E-state index is 0.110. The number of alkyl halides is 1. The first-order chi connectivity index (χ1) is 10.6. The third-order valence-electron chi connectivity index (χ3n) is 2.92. The summed E-state index contributed by atoms with van der Waals surface area (Å²) in [4.78, 5) is 15.7. The lowest BCUT2D eigenvalue weighted by Gasteiger charge is -2.03. The van der Waals surface area contributed by atoms with Crippen LogP contribution in [0.2, 0.25) is 10.0 Å². The van der Waals surface area contributed by atoms with Crippen LogP contribution in [0.15, 0.2) is 40.8 Å². The van der Waals surface area contributed by atoms with Gasteiger partial charge in [0.05, 0.1) is 5.02 Å². The maximum Gasteiger partial charge on any atom is 0.239 e. The second kappa shape index (κ2) is 6.16. The SMILES string of the molecule is O=C(CCl)Nc1cccc(-c2nc3cc(Cl)cc(Cl)c3o2)c1. The number of hydrogen-bond acceptors (Lipinski definition) is 3. The molecule has 1 heterocycles. The van der Waals surface area contributed by atoms with E-state index < -0.39 is 0 Å². The molecule has 0 unspecified atom stereocenters. The molecule has 0 aliphatic carbocycles. The average Bonchev–Trinajstić information content (AvgIpc) is 2.91. The quantitative estimate of drug-likeness (QED) is 0.674. The van der Waals surface area contributed by atoms with Crippen LogP contribution in [0.5, 0.6) is 0 Å². The van der Waals surface area contributed by atoms with Gasteiger partial charge in [-0.15, -0.1) is 11.6 Å². The van der Waals surface area contributed by atoms with Gasteiger partial charge < -0.3 is 9.73 Å². The summed E-state index contributed by atoms with van der Waals surface area (Å²) in [5.74, 6) is -0.00587. The molecule has 0 aliphatic rings. The Labute approximate surface area is 141 Å². The molecular weight excluding hydrogens is 347 g/mol. The summed E-state index contributed by atoms with van der Waals surface area (Å²) in [6.45, 7) is 0. The molecule has 3 rings (SSSR count). The smallest absolute Gasteiger partial charge is 0.239 e. The van der Waals surface area contributed by atoms with Crippen molar-refractivity contribution in [1.29, 1.82) is 0 Å². The number of fused-ring (bicyclic) bond motifs is 1. The molecule has 0 spiro atoms. The molecule has 2 aromatic carbocycles. The molecule has 0 atom stereocenters. The van der Waals surface area contributed by atoms with Gasteiger partial charge in [-0.2, -0.15) is 0 Å². The Morgan fingerprint density at radius 2 is 2.05 bits per heavy atom. The van der Waals surface area contributed by atoms with Gasteiger partial charge >= 0.3 is 0 Å². The first-order valence-corrected chi connectivity index (χ1v) is 7.57. The fraction of sp³-hybridized carbons (Fsp3) is 0.0667. The van der Waals surface area contributed by atoms with Gasteiger partial charge in [-0.3, -0.25) is 4.79 Å². The molecular formula is C15H9Cl3N2O2. The van der Waals surface area contributed by atoms with Crippen molar-refractivity contribution in [2.24, 2.45) is 0 Å². The molecule has 0 radical (unpaired) electrons. The van der Waals surface area contributed by atoms with E-state index in [-0.39, 0.29) is 11.8 Å². The van der Waals surface area contributed by atoms with Gasteiger partial charge in [-0.25, -0.2) is 4.98 Å². The Kier molecular flexibility index (Phi) is 4.25. The maximum absolute atomic E-state index is 11.3. The number of anilines is 1. The molecule has 0 aliphatic heterocycles. The van der Waals surface area contributed by atoms with Gasteiger partial charge in [0.2, 0.25) is 11.8 Å². The second-order valence-corrected chi connectivity index (χ2v) is 5.63. The molecule has 0 saturated heterocycles. The third kappa shape index (κ3) is 3.04. The van der Waals surface area contributed by atoms with Crippen LogP contribution < -0.4 is 5.32 Å². The highest BCUT2D eigenvalue weighted by molar-refractivity contribution is 6.38. The van der Waals surface area contributed by atoms with Crippen molar-refractivity contribution in [3.8, 4) is 11.5 Å². The standard InChI is InChI=1S/C15H9Cl3N2O2/c16-7-13(21)19-10-3-1-2-8(4-10)15-20-12-6-9(17)5-11(18)14(12)22-15/h1-6H,7H2,(H,19,21). The number of benzene rings is 2. The average molecular weight is 356 g/mol. The Balaban J connectivity index is 2.02. The first kappa shape index (κ1) is 15.2. The minimum atomic E-state index is -0.286. The number of carbonyl (C=O) groups excluding carboxylic acids is 1. The molecule has 0 saturated carbocycles. The molecule has 1 amide bonds. The number of rotatable bonds is 3. The highest BCUT2D eigenvalue weighted by atomic mass is 35.5. The largest absolute Gasteiger partial charge is 0.435 e. The van der Waals surface area contributed by atoms with E-state index in [0.717, 1.165) is 0 Å². The zero-order valence-corrected chi connectivity index (χ0v) is 13.3. The van der Waals surface area contributed by atoms with Crippen LogP contribution in [0.25, 0.3) is 22.6 Å². The molecule has 0 fully saturated rings. The Morgan fingerprint density at radius 3 is 2.82 bits per heavy atom. The van der Waals surface area contributed by atoms with Crippen LogP contribution in [0.4, 0.5) is 5.69 Å². The molecule has 7 heteroatoms. The van der Waals surface area contributed by atoms with Gasteiger partial charge in [0.25, 0.3) is 0 Å². The number of carbonyl (C=O) groups is 1. The number of nitrogens with zero attached hydrogens (tertiary/aromatic N) is 1. The Hall–Kier alpha value is -1.75. The Morgan fingerprint density at radius 1 is 1.23 bits per heavy atom. The fourth-order valence-corrected chi connectivity index (χ4v) is 2.60. The number of nitrogens with one attached hydrogen (secondary N) is 1. The van der Waals surface area contributed by atoms with E-state index >= 15 is 0 Å². The van der Waals surface area contributed by atoms with Crippen molar-refractivity contribution in [2.45, 2.75) is 0 Å². The van der Waals surface area contributed by atoms with Gasteiger partial charge in [0, 0.05) is 16.3 Å². The third-order valence-corrected chi connectivity index (χ3v) is 3.67. The predicted molar refractivity (Wildman–Crippen MR) is 88.8 cm³/mol. The van der Waals surface area contributed by atoms with Crippen molar-refractivity contribution >= 4 is 57.5 Å². The number of halogens is 3. The van der Waals surface area contributed by atoms with Crippen molar-refractivity contribution < 1.29 is 9.21 Å². The van der Waals surface area contributed by atoms with E-state index in [4.69, 9.17) is 39.2 Å². The van der Waals surface area contributed by atoms with Gasteiger partial charge in [-0.05, 0) is 30.3 Å². The number of hydrogen-bond donors (Lipinski definition) is 1. The van der Waals surface area contributed by atoms with Gasteiger partial charge in [0.15, 0.2) is 5.58 Å². The normalized spacial score (nSPS) is 10.9. The number of amides is 1. The number of oxazole rings is 1. The highest BCUT2D eigenvalue weighted by Crippen LogP contribution is 2.32. The van der Waals surface area contributed by atoms with E-state index in [0.29, 0.717) is 38.3 Å². The molecule has 1 aromatic heterocycles. The van der Waals surface area contributed by atoms with E-state index in [2.05, 4.69) is 10.3 Å². The van der Waals surface area contributed by atoms with Crippen LogP contribution in [0.1, 0.15) is 0 Å². The van der Waals surface area contributed by atoms with E-state index in [9.17, 15) is 4.79 Å². The van der Waals surface area contributed by atoms with Crippen molar-refractivity contribution in [3.63, 3.8) is 0 Å². The van der Waals surface area contributed by atoms with Crippen molar-refractivity contribution in [3.05, 3.63) is 46.4 Å². The summed E-state index contributed by atoms with van der Waals surface area (Å²) in [7, 11) is 0. The lowest BCUT2D eigenvalue weighted by molar-refractivity contribution is -0.113. The summed E-state index contributed by atoms with van der Waals surface area (Å²) >= 11 is 17.5. The highest BCUT2D eigenvalue weighted by Gasteiger charge is 2.13. The van der Waals surface area contributed by atoms with Crippen LogP contribution in [0, 0.1) is 0 Å². The summed E-state index contributed by atoms with van der Waals surface area (Å²) in [6.07, 6.45) is 0. The van der Waals surface area contributed by atoms with Crippen LogP contribution in [-0.2, 0) is 4.79 Å². The topological polar surface area (TPSA) is 55.1 Å². The lowest BCUT2D eigenvalue weighted by atomic mass is 10.2. The molecule has 1 N–H and O–H groups in total. The van der Waals surface area contributed by atoms with Crippen LogP contribution >= 0.6 is 34.8 Å². The van der Waals surface area contributed by atoms with Gasteiger partial charge in [-0.1, -0.05) is 29.3 Å². The zero-order valence-electron chi connectivity index (χ0n) is 11.1. The number of aromatic nitrogens is 1. The molecule has 112 valence electrons. The van der Waals surface area contributed by atoms with Crippen molar-refractivity contribution in [1.82, 2.24) is 4.98 Å². The molecule has 3 aromatic rings. The van der Waals surface area contributed by atoms with E-state index in [1.165, 1.54) is 0 Å². The van der Waals surface area contributed by atoms with Crippen molar-refractivity contribution in [2.75, 3.05) is 11.2 Å². The summed E-state index contributed by atoms with van der Waals surface area (Å²) < 4.78 is 5.69. The second-order valence-electron chi connectivity index (χ2n) is 4.52. The fourth-order valence-electron chi connectivity index (χ4n) is 2.01. The summed E-state index contributed by atoms with van der Waals surface area (Å²) in [5.41, 5.74) is 2.35. The monoisotopic (exact) mass is 354 g/mol. The maximum atomic E-state index is 11.3. The zero-order chi connectivity index (χ0) is 15.7. The predicted octanol–water partition coefficient (Wildman–Crippen LogP) is 4.98. The summed E-state index contributed by atoms with van der Waals surface area (Å²) in [6, 6.07) is 10.4. The minimum Gasteiger partial charge on any atom is -0.435 e. The van der Waals surface area contributed by atoms with E-state index in [1.54, 1.807) is 30.3 Å². The van der Waals surface area contributed by atoms with E-state index in [1.807, 2.05) is 6.07 Å². The molecule has 0 bridgehead atoms. The first-order valence-electron chi connectivity index (χ1n) is 6.28.